The van der Waals surface area contributed by atoms with Crippen LogP contribution in [0.4, 0.5) is 5.69 Å². The van der Waals surface area contributed by atoms with Gasteiger partial charge in [-0.15, -0.1) is 0 Å². The Hall–Kier alpha value is -3.39. The summed E-state index contributed by atoms with van der Waals surface area (Å²) in [5.74, 6) is 5.14. The lowest BCUT2D eigenvalue weighted by Crippen LogP contribution is -2.56. The topological polar surface area (TPSA) is 115 Å². The highest BCUT2D eigenvalue weighted by Crippen LogP contribution is 2.26. The molecule has 7 heteroatoms. The normalized spacial score (nSPS) is 18.4. The Morgan fingerprint density at radius 3 is 2.75 bits per heavy atom. The Balaban J connectivity index is 2.02. The number of likely N-dealkylation sites (tertiary alicyclic amines) is 1. The van der Waals surface area contributed by atoms with Gasteiger partial charge in [0, 0.05) is 30.6 Å². The third kappa shape index (κ3) is 3.67. The number of aromatic nitrogens is 1. The third-order valence-corrected chi connectivity index (χ3v) is 4.76. The Labute approximate surface area is 163 Å². The van der Waals surface area contributed by atoms with Gasteiger partial charge in [0.15, 0.2) is 11.4 Å². The summed E-state index contributed by atoms with van der Waals surface area (Å²) in [5.41, 5.74) is 7.16. The van der Waals surface area contributed by atoms with Gasteiger partial charge in [0.05, 0.1) is 16.9 Å². The van der Waals surface area contributed by atoms with E-state index in [0.29, 0.717) is 41.0 Å². The van der Waals surface area contributed by atoms with Crippen molar-refractivity contribution in [2.75, 3.05) is 25.5 Å². The van der Waals surface area contributed by atoms with Crippen LogP contribution >= 0.6 is 0 Å². The van der Waals surface area contributed by atoms with Crippen molar-refractivity contribution in [2.45, 2.75) is 19.1 Å². The summed E-state index contributed by atoms with van der Waals surface area (Å²) in [6, 6.07) is 10.8. The van der Waals surface area contributed by atoms with Gasteiger partial charge in [0.2, 0.25) is 0 Å². The second kappa shape index (κ2) is 7.69. The molecule has 7 nitrogen and oxygen atoms in total. The molecule has 3 rings (SSSR count). The number of primary amides is 1. The molecule has 1 amide bonds. The number of nitrogens with one attached hydrogen (secondary N) is 1. The molecular weight excluding hydrogens is 354 g/mol. The maximum absolute atomic E-state index is 11.8. The van der Waals surface area contributed by atoms with Gasteiger partial charge in [-0.3, -0.25) is 9.69 Å². The molecule has 4 N–H and O–H groups in total. The number of rotatable bonds is 4. The van der Waals surface area contributed by atoms with Gasteiger partial charge in [-0.25, -0.2) is 4.98 Å². The van der Waals surface area contributed by atoms with Crippen LogP contribution in [0.5, 0.6) is 0 Å². The van der Waals surface area contributed by atoms with Crippen molar-refractivity contribution in [1.82, 2.24) is 9.88 Å². The Kier molecular flexibility index (Phi) is 5.32. The first kappa shape index (κ1) is 19.4. The molecule has 0 radical (unpaired) electrons. The predicted octanol–water partition coefficient (Wildman–Crippen LogP) is 1.53. The van der Waals surface area contributed by atoms with Crippen molar-refractivity contribution in [3.8, 4) is 29.2 Å². The first-order valence-corrected chi connectivity index (χ1v) is 8.94. The fourth-order valence-corrected chi connectivity index (χ4v) is 2.92. The van der Waals surface area contributed by atoms with Crippen molar-refractivity contribution in [3.63, 3.8) is 0 Å². The molecule has 142 valence electrons. The van der Waals surface area contributed by atoms with E-state index in [2.05, 4.69) is 28.2 Å². The smallest absolute Gasteiger partial charge is 0.269 e. The van der Waals surface area contributed by atoms with E-state index in [0.717, 1.165) is 6.54 Å². The number of carbonyl (C=O) groups excluding carboxylic acids is 1. The highest BCUT2D eigenvalue weighted by molar-refractivity contribution is 5.97. The van der Waals surface area contributed by atoms with E-state index in [1.807, 2.05) is 6.92 Å². The second-order valence-corrected chi connectivity index (χ2v) is 6.60. The molecule has 2 aromatic rings. The summed E-state index contributed by atoms with van der Waals surface area (Å²) in [7, 11) is 1.79. The van der Waals surface area contributed by atoms with Crippen LogP contribution in [0.1, 0.15) is 35.0 Å². The molecule has 1 aliphatic heterocycles. The van der Waals surface area contributed by atoms with Crippen LogP contribution in [0.2, 0.25) is 0 Å². The molecular formula is C21H21N5O2. The lowest BCUT2D eigenvalue weighted by Gasteiger charge is -2.42. The van der Waals surface area contributed by atoms with Crippen molar-refractivity contribution in [2.24, 2.45) is 5.73 Å². The molecule has 0 unspecified atom stereocenters. The minimum absolute atomic E-state index is 0.154. The molecule has 1 aromatic carbocycles. The monoisotopic (exact) mass is 375 g/mol. The summed E-state index contributed by atoms with van der Waals surface area (Å²) < 4.78 is 0. The predicted molar refractivity (Wildman–Crippen MR) is 106 cm³/mol. The molecule has 0 bridgehead atoms. The van der Waals surface area contributed by atoms with Crippen molar-refractivity contribution >= 4 is 11.6 Å². The number of amides is 1. The SMILES string of the molecule is CCNc1ccc(-c2ccc(C#N)c(C#C[C@]3(O)CCN3C)c2)nc1C(N)=O. The highest BCUT2D eigenvalue weighted by Gasteiger charge is 2.38. The maximum atomic E-state index is 11.8. The zero-order valence-corrected chi connectivity index (χ0v) is 15.8. The lowest BCUT2D eigenvalue weighted by atomic mass is 9.98. The molecule has 0 saturated carbocycles. The van der Waals surface area contributed by atoms with E-state index in [1.54, 1.807) is 42.3 Å². The maximum Gasteiger partial charge on any atom is 0.269 e. The van der Waals surface area contributed by atoms with Crippen LogP contribution in [-0.2, 0) is 0 Å². The van der Waals surface area contributed by atoms with Gasteiger partial charge in [-0.05, 0) is 44.2 Å². The number of nitrogens with two attached hydrogens (primary N) is 1. The van der Waals surface area contributed by atoms with Crippen LogP contribution in [0.15, 0.2) is 30.3 Å². The van der Waals surface area contributed by atoms with E-state index in [1.165, 1.54) is 0 Å². The molecule has 1 fully saturated rings. The third-order valence-electron chi connectivity index (χ3n) is 4.76. The van der Waals surface area contributed by atoms with Crippen LogP contribution in [0.25, 0.3) is 11.3 Å². The quantitative estimate of drug-likeness (QED) is 0.698. The standard InChI is InChI=1S/C21H21N5O2/c1-3-24-18-7-6-17(25-19(18)20(23)27)15-4-5-16(13-22)14(12-15)8-9-21(28)10-11-26(21)2/h4-7,12,24,28H,3,10-11H2,1-2H3,(H2,23,27)/t21-/m0/s1. The molecule has 1 saturated heterocycles. The number of hydrogen-bond acceptors (Lipinski definition) is 6. The van der Waals surface area contributed by atoms with E-state index >= 15 is 0 Å². The first-order valence-electron chi connectivity index (χ1n) is 8.94. The van der Waals surface area contributed by atoms with Crippen molar-refractivity contribution in [1.29, 1.82) is 5.26 Å². The number of pyridine rings is 1. The van der Waals surface area contributed by atoms with E-state index in [4.69, 9.17) is 5.73 Å². The molecule has 1 aromatic heterocycles. The molecule has 0 spiro atoms. The summed E-state index contributed by atoms with van der Waals surface area (Å²) in [6.07, 6.45) is 0.563. The first-order chi connectivity index (χ1) is 13.4. The highest BCUT2D eigenvalue weighted by atomic mass is 16.3. The van der Waals surface area contributed by atoms with Crippen LogP contribution in [-0.4, -0.2) is 46.8 Å². The zero-order valence-electron chi connectivity index (χ0n) is 15.8. The number of anilines is 1. The Bertz CT molecular complexity index is 1030. The Morgan fingerprint density at radius 1 is 1.39 bits per heavy atom. The van der Waals surface area contributed by atoms with Gasteiger partial charge >= 0.3 is 0 Å². The van der Waals surface area contributed by atoms with Crippen molar-refractivity contribution in [3.05, 3.63) is 47.2 Å². The average molecular weight is 375 g/mol. The minimum Gasteiger partial charge on any atom is -0.383 e. The van der Waals surface area contributed by atoms with Gasteiger partial charge in [0.25, 0.3) is 5.91 Å². The van der Waals surface area contributed by atoms with Crippen LogP contribution in [0, 0.1) is 23.2 Å². The van der Waals surface area contributed by atoms with Gasteiger partial charge in [-0.2, -0.15) is 5.26 Å². The van der Waals surface area contributed by atoms with Crippen molar-refractivity contribution < 1.29 is 9.90 Å². The van der Waals surface area contributed by atoms with E-state index in [-0.39, 0.29) is 5.69 Å². The molecule has 1 aliphatic rings. The summed E-state index contributed by atoms with van der Waals surface area (Å²) in [4.78, 5) is 17.9. The van der Waals surface area contributed by atoms with Gasteiger partial charge < -0.3 is 16.2 Å². The number of aliphatic hydroxyl groups is 1. The number of nitrogens with zero attached hydrogens (tertiary/aromatic N) is 3. The molecule has 1 atom stereocenters. The fourth-order valence-electron chi connectivity index (χ4n) is 2.92. The van der Waals surface area contributed by atoms with E-state index < -0.39 is 11.6 Å². The number of carbonyl (C=O) groups is 1. The van der Waals surface area contributed by atoms with E-state index in [9.17, 15) is 15.2 Å². The number of hydrogen-bond donors (Lipinski definition) is 3. The minimum atomic E-state index is -1.16. The zero-order chi connectivity index (χ0) is 20.3. The van der Waals surface area contributed by atoms with Gasteiger partial charge in [-0.1, -0.05) is 12.0 Å². The summed E-state index contributed by atoms with van der Waals surface area (Å²) in [5, 5.41) is 22.8. The summed E-state index contributed by atoms with van der Waals surface area (Å²) >= 11 is 0. The molecule has 2 heterocycles. The Morgan fingerprint density at radius 2 is 2.18 bits per heavy atom. The molecule has 0 aliphatic carbocycles. The van der Waals surface area contributed by atoms with Gasteiger partial charge in [0.1, 0.15) is 6.07 Å². The fraction of sp³-hybridized carbons (Fsp3) is 0.286. The lowest BCUT2D eigenvalue weighted by molar-refractivity contribution is -0.119. The number of nitriles is 1. The second-order valence-electron chi connectivity index (χ2n) is 6.60. The van der Waals surface area contributed by atoms with Crippen LogP contribution < -0.4 is 11.1 Å². The molecule has 28 heavy (non-hydrogen) atoms. The number of benzene rings is 1. The average Bonchev–Trinajstić information content (AvgIpc) is 2.71. The van der Waals surface area contributed by atoms with Crippen LogP contribution in [0.3, 0.4) is 0 Å². The largest absolute Gasteiger partial charge is 0.383 e. The summed E-state index contributed by atoms with van der Waals surface area (Å²) in [6.45, 7) is 3.32.